The molecule has 0 aliphatic heterocycles. The summed E-state index contributed by atoms with van der Waals surface area (Å²) in [5.41, 5.74) is 1.29. The van der Waals surface area contributed by atoms with Gasteiger partial charge in [0.2, 0.25) is 0 Å². The molecule has 1 fully saturated rings. The van der Waals surface area contributed by atoms with Crippen LogP contribution in [-0.2, 0) is 21.0 Å². The van der Waals surface area contributed by atoms with Crippen molar-refractivity contribution in [2.45, 2.75) is 43.4 Å². The third-order valence-corrected chi connectivity index (χ3v) is 6.10. The van der Waals surface area contributed by atoms with Crippen LogP contribution in [0.3, 0.4) is 0 Å². The number of hydrogen-bond donors (Lipinski definition) is 1. The highest BCUT2D eigenvalue weighted by atomic mass is 32.2. The lowest BCUT2D eigenvalue weighted by Crippen LogP contribution is -2.21. The second kappa shape index (κ2) is 6.79. The molecule has 122 valence electrons. The molecule has 0 atom stereocenters. The van der Waals surface area contributed by atoms with Gasteiger partial charge in [0.05, 0.1) is 22.8 Å². The Morgan fingerprint density at radius 3 is 2.50 bits per heavy atom. The van der Waals surface area contributed by atoms with Gasteiger partial charge in [-0.3, -0.25) is 0 Å². The number of ether oxygens (including phenoxy) is 1. The summed E-state index contributed by atoms with van der Waals surface area (Å²) in [6.07, 6.45) is 3.39. The minimum absolute atomic E-state index is 0.0848. The predicted octanol–water partition coefficient (Wildman–Crippen LogP) is 2.63. The topological polar surface area (TPSA) is 80.7 Å². The number of sulfone groups is 1. The van der Waals surface area contributed by atoms with E-state index in [9.17, 15) is 18.3 Å². The van der Waals surface area contributed by atoms with E-state index in [0.717, 1.165) is 24.8 Å². The molecule has 1 aliphatic rings. The summed E-state index contributed by atoms with van der Waals surface area (Å²) in [5.74, 6) is -0.986. The van der Waals surface area contributed by atoms with Gasteiger partial charge in [-0.25, -0.2) is 13.2 Å². The molecule has 5 nitrogen and oxygen atoms in total. The van der Waals surface area contributed by atoms with E-state index in [-0.39, 0.29) is 28.7 Å². The predicted molar refractivity (Wildman–Crippen MR) is 83.3 cm³/mol. The van der Waals surface area contributed by atoms with Gasteiger partial charge < -0.3 is 9.84 Å². The van der Waals surface area contributed by atoms with Gasteiger partial charge in [0.25, 0.3) is 0 Å². The van der Waals surface area contributed by atoms with E-state index in [0.29, 0.717) is 12.0 Å². The highest BCUT2D eigenvalue weighted by Crippen LogP contribution is 2.41. The Bertz CT molecular complexity index is 659. The molecular weight excluding hydrogens is 304 g/mol. The lowest BCUT2D eigenvalue weighted by atomic mass is 9.79. The van der Waals surface area contributed by atoms with Crippen molar-refractivity contribution in [1.29, 1.82) is 0 Å². The summed E-state index contributed by atoms with van der Waals surface area (Å²) < 4.78 is 30.4. The van der Waals surface area contributed by atoms with Gasteiger partial charge in [-0.15, -0.1) is 0 Å². The van der Waals surface area contributed by atoms with E-state index in [4.69, 9.17) is 4.74 Å². The fourth-order valence-corrected chi connectivity index (χ4v) is 4.71. The minimum Gasteiger partial charge on any atom is -0.478 e. The maximum Gasteiger partial charge on any atom is 0.336 e. The Labute approximate surface area is 131 Å². The first-order valence-electron chi connectivity index (χ1n) is 7.53. The zero-order valence-electron chi connectivity index (χ0n) is 13.0. The van der Waals surface area contributed by atoms with E-state index < -0.39 is 15.8 Å². The zero-order valence-corrected chi connectivity index (χ0v) is 13.8. The molecule has 6 heteroatoms. The second-order valence-corrected chi connectivity index (χ2v) is 7.65. The minimum atomic E-state index is -3.56. The van der Waals surface area contributed by atoms with E-state index in [1.807, 2.05) is 0 Å². The van der Waals surface area contributed by atoms with E-state index >= 15 is 0 Å². The van der Waals surface area contributed by atoms with Crippen LogP contribution >= 0.6 is 0 Å². The number of aromatic carboxylic acids is 1. The van der Waals surface area contributed by atoms with Crippen LogP contribution in [0, 0.1) is 0 Å². The van der Waals surface area contributed by atoms with Gasteiger partial charge >= 0.3 is 5.97 Å². The number of benzene rings is 1. The molecule has 1 N–H and O–H groups in total. The van der Waals surface area contributed by atoms with Gasteiger partial charge in [0.15, 0.2) is 9.84 Å². The van der Waals surface area contributed by atoms with Crippen molar-refractivity contribution in [2.75, 3.05) is 19.5 Å². The number of carboxylic acid groups (broad SMARTS) is 1. The van der Waals surface area contributed by atoms with Gasteiger partial charge in [-0.05, 0) is 42.4 Å². The first-order valence-corrected chi connectivity index (χ1v) is 9.18. The number of carbonyl (C=O) groups is 1. The molecule has 0 unspecified atom stereocenters. The summed E-state index contributed by atoms with van der Waals surface area (Å²) in [7, 11) is -2.11. The van der Waals surface area contributed by atoms with Crippen LogP contribution < -0.4 is 0 Å². The van der Waals surface area contributed by atoms with Gasteiger partial charge in [0.1, 0.15) is 0 Å². The van der Waals surface area contributed by atoms with Gasteiger partial charge in [-0.2, -0.15) is 0 Å². The molecule has 0 amide bonds. The van der Waals surface area contributed by atoms with Crippen LogP contribution in [0.15, 0.2) is 17.0 Å². The third kappa shape index (κ3) is 3.17. The third-order valence-electron chi connectivity index (χ3n) is 4.29. The molecule has 0 aromatic heterocycles. The van der Waals surface area contributed by atoms with Crippen molar-refractivity contribution in [3.05, 3.63) is 28.8 Å². The van der Waals surface area contributed by atoms with Crippen molar-refractivity contribution >= 4 is 15.8 Å². The van der Waals surface area contributed by atoms with E-state index in [2.05, 4.69) is 0 Å². The fourth-order valence-electron chi connectivity index (χ4n) is 2.90. The molecule has 1 aliphatic carbocycles. The molecule has 22 heavy (non-hydrogen) atoms. The Balaban J connectivity index is 2.64. The smallest absolute Gasteiger partial charge is 0.336 e. The summed E-state index contributed by atoms with van der Waals surface area (Å²) in [6, 6.07) is 3.23. The maximum absolute atomic E-state index is 12.7. The molecule has 1 aromatic rings. The Hall–Kier alpha value is -1.40. The Morgan fingerprint density at radius 1 is 1.36 bits per heavy atom. The van der Waals surface area contributed by atoms with Crippen molar-refractivity contribution in [3.8, 4) is 0 Å². The largest absolute Gasteiger partial charge is 0.478 e. The lowest BCUT2D eigenvalue weighted by Gasteiger charge is -2.29. The summed E-state index contributed by atoms with van der Waals surface area (Å²) in [4.78, 5) is 11.7. The molecule has 0 radical (unpaired) electrons. The average Bonchev–Trinajstić information content (AvgIpc) is 2.42. The van der Waals surface area contributed by atoms with E-state index in [1.54, 1.807) is 19.1 Å². The van der Waals surface area contributed by atoms with Crippen molar-refractivity contribution in [3.63, 3.8) is 0 Å². The number of carboxylic acids is 1. The molecule has 0 spiro atoms. The number of hydrogen-bond acceptors (Lipinski definition) is 4. The Morgan fingerprint density at radius 2 is 2.05 bits per heavy atom. The van der Waals surface area contributed by atoms with Crippen LogP contribution in [0.25, 0.3) is 0 Å². The summed E-state index contributed by atoms with van der Waals surface area (Å²) >= 11 is 0. The van der Waals surface area contributed by atoms with Crippen LogP contribution in [0.4, 0.5) is 0 Å². The van der Waals surface area contributed by atoms with E-state index in [1.165, 1.54) is 7.11 Å². The number of methoxy groups -OCH3 is 1. The van der Waals surface area contributed by atoms with Crippen molar-refractivity contribution < 1.29 is 23.1 Å². The molecule has 1 saturated carbocycles. The second-order valence-electron chi connectivity index (χ2n) is 5.61. The summed E-state index contributed by atoms with van der Waals surface area (Å²) in [6.45, 7) is 1.90. The quantitative estimate of drug-likeness (QED) is 0.833. The first-order chi connectivity index (χ1) is 10.4. The van der Waals surface area contributed by atoms with Crippen LogP contribution in [0.2, 0.25) is 0 Å². The SMILES string of the molecule is CCc1c(C(=O)O)ccc(C2CCC2)c1S(=O)(=O)CCOC. The highest BCUT2D eigenvalue weighted by Gasteiger charge is 2.31. The van der Waals surface area contributed by atoms with Crippen LogP contribution in [-0.4, -0.2) is 39.0 Å². The maximum atomic E-state index is 12.7. The van der Waals surface area contributed by atoms with Crippen LogP contribution in [0.1, 0.15) is 53.6 Å². The van der Waals surface area contributed by atoms with Gasteiger partial charge in [-0.1, -0.05) is 19.4 Å². The normalized spacial score (nSPS) is 15.5. The highest BCUT2D eigenvalue weighted by molar-refractivity contribution is 7.91. The van der Waals surface area contributed by atoms with Gasteiger partial charge in [0, 0.05) is 7.11 Å². The van der Waals surface area contributed by atoms with Crippen molar-refractivity contribution in [2.24, 2.45) is 0 Å². The molecule has 2 rings (SSSR count). The molecular formula is C16H22O5S. The Kier molecular flexibility index (Phi) is 5.24. The standard InChI is InChI=1S/C16H22O5S/c1-3-12-14(16(17)18)8-7-13(11-5-4-6-11)15(12)22(19,20)10-9-21-2/h7-8,11H,3-6,9-10H2,1-2H3,(H,17,18). The average molecular weight is 326 g/mol. The fraction of sp³-hybridized carbons (Fsp3) is 0.562. The van der Waals surface area contributed by atoms with Crippen LogP contribution in [0.5, 0.6) is 0 Å². The molecule has 0 heterocycles. The first kappa shape index (κ1) is 17.0. The zero-order chi connectivity index (χ0) is 16.3. The molecule has 0 saturated heterocycles. The summed E-state index contributed by atoms with van der Waals surface area (Å²) in [5, 5.41) is 9.34. The monoisotopic (exact) mass is 326 g/mol. The number of rotatable bonds is 7. The molecule has 1 aromatic carbocycles. The van der Waals surface area contributed by atoms with Crippen molar-refractivity contribution in [1.82, 2.24) is 0 Å². The molecule has 0 bridgehead atoms. The lowest BCUT2D eigenvalue weighted by molar-refractivity contribution is 0.0695.